The predicted molar refractivity (Wildman–Crippen MR) is 149 cm³/mol. The summed E-state index contributed by atoms with van der Waals surface area (Å²) in [6.45, 7) is 4.46. The molecule has 0 saturated carbocycles. The molecular formula is C28H31ClFN3O5S. The minimum absolute atomic E-state index is 0.0367. The molecule has 3 aromatic carbocycles. The van der Waals surface area contributed by atoms with Crippen molar-refractivity contribution in [2.24, 2.45) is 0 Å². The van der Waals surface area contributed by atoms with Gasteiger partial charge in [0, 0.05) is 17.6 Å². The molecule has 0 aromatic heterocycles. The molecule has 0 aliphatic rings. The maximum Gasteiger partial charge on any atom is 0.264 e. The van der Waals surface area contributed by atoms with Crippen LogP contribution in [0.25, 0.3) is 0 Å². The summed E-state index contributed by atoms with van der Waals surface area (Å²) in [6.07, 6.45) is 0. The Bertz CT molecular complexity index is 1400. The van der Waals surface area contributed by atoms with Gasteiger partial charge in [-0.15, -0.1) is 0 Å². The number of halogens is 2. The van der Waals surface area contributed by atoms with E-state index in [-0.39, 0.29) is 23.2 Å². The van der Waals surface area contributed by atoms with Crippen LogP contribution in [0.15, 0.2) is 77.7 Å². The summed E-state index contributed by atoms with van der Waals surface area (Å²) in [5.41, 5.74) is 0.667. The zero-order chi connectivity index (χ0) is 28.7. The molecule has 3 aromatic rings. The number of rotatable bonds is 11. The molecule has 0 radical (unpaired) electrons. The van der Waals surface area contributed by atoms with Crippen molar-refractivity contribution >= 4 is 39.1 Å². The number of ether oxygens (including phenoxy) is 1. The second kappa shape index (κ2) is 12.9. The molecule has 8 nitrogen and oxygen atoms in total. The number of hydrogen-bond acceptors (Lipinski definition) is 5. The highest BCUT2D eigenvalue weighted by Crippen LogP contribution is 2.26. The van der Waals surface area contributed by atoms with Crippen molar-refractivity contribution in [2.45, 2.75) is 44.3 Å². The van der Waals surface area contributed by atoms with Gasteiger partial charge in [0.2, 0.25) is 11.8 Å². The van der Waals surface area contributed by atoms with E-state index in [2.05, 4.69) is 5.32 Å². The highest BCUT2D eigenvalue weighted by Gasteiger charge is 2.33. The van der Waals surface area contributed by atoms with Crippen molar-refractivity contribution in [1.82, 2.24) is 10.2 Å². The molecule has 0 bridgehead atoms. The van der Waals surface area contributed by atoms with Gasteiger partial charge >= 0.3 is 0 Å². The number of carbonyl (C=O) groups excluding carboxylic acids is 2. The fraction of sp³-hybridized carbons (Fsp3) is 0.286. The Morgan fingerprint density at radius 1 is 0.974 bits per heavy atom. The van der Waals surface area contributed by atoms with Crippen LogP contribution >= 0.6 is 11.6 Å². The van der Waals surface area contributed by atoms with Crippen molar-refractivity contribution in [3.63, 3.8) is 0 Å². The minimum atomic E-state index is -4.29. The van der Waals surface area contributed by atoms with Crippen molar-refractivity contribution in [2.75, 3.05) is 18.0 Å². The average molecular weight is 576 g/mol. The molecule has 0 aliphatic carbocycles. The molecule has 0 spiro atoms. The quantitative estimate of drug-likeness (QED) is 0.360. The second-order valence-corrected chi connectivity index (χ2v) is 11.4. The number of amides is 2. The normalized spacial score (nSPS) is 12.1. The van der Waals surface area contributed by atoms with E-state index >= 15 is 0 Å². The Hall–Kier alpha value is -3.63. The Morgan fingerprint density at radius 3 is 2.15 bits per heavy atom. The molecule has 0 aliphatic heterocycles. The molecular weight excluding hydrogens is 545 g/mol. The summed E-state index contributed by atoms with van der Waals surface area (Å²) in [4.78, 5) is 27.9. The number of hydrogen-bond donors (Lipinski definition) is 1. The molecule has 39 heavy (non-hydrogen) atoms. The molecule has 3 rings (SSSR count). The average Bonchev–Trinajstić information content (AvgIpc) is 2.91. The third kappa shape index (κ3) is 7.48. The lowest BCUT2D eigenvalue weighted by Gasteiger charge is -2.32. The molecule has 11 heteroatoms. The fourth-order valence-corrected chi connectivity index (χ4v) is 5.42. The van der Waals surface area contributed by atoms with Gasteiger partial charge in [0.05, 0.1) is 17.7 Å². The first-order valence-corrected chi connectivity index (χ1v) is 14.0. The van der Waals surface area contributed by atoms with E-state index in [0.29, 0.717) is 16.3 Å². The lowest BCUT2D eigenvalue weighted by molar-refractivity contribution is -0.139. The zero-order valence-corrected chi connectivity index (χ0v) is 23.7. The number of sulfonamides is 1. The fourth-order valence-electron chi connectivity index (χ4n) is 3.81. The van der Waals surface area contributed by atoms with Crippen LogP contribution in [0.4, 0.5) is 10.1 Å². The highest BCUT2D eigenvalue weighted by molar-refractivity contribution is 7.92. The standard InChI is InChI=1S/C28H31ClFN3O5S/c1-19(2)31-28(35)20(3)32(17-21-7-5-6-8-26(21)29)27(34)18-33(23-11-9-22(30)10-12-23)39(36,37)25-15-13-24(38-4)14-16-25/h5-16,19-20H,17-18H2,1-4H3,(H,31,35). The van der Waals surface area contributed by atoms with Gasteiger partial charge in [-0.25, -0.2) is 12.8 Å². The summed E-state index contributed by atoms with van der Waals surface area (Å²) < 4.78 is 47.2. The number of nitrogens with one attached hydrogen (secondary N) is 1. The number of benzene rings is 3. The van der Waals surface area contributed by atoms with E-state index in [1.807, 2.05) is 0 Å². The van der Waals surface area contributed by atoms with Crippen LogP contribution in [-0.2, 0) is 26.2 Å². The van der Waals surface area contributed by atoms with Crippen LogP contribution in [-0.4, -0.2) is 50.9 Å². The van der Waals surface area contributed by atoms with Crippen molar-refractivity contribution in [3.8, 4) is 5.75 Å². The van der Waals surface area contributed by atoms with Gasteiger partial charge < -0.3 is 15.0 Å². The van der Waals surface area contributed by atoms with Crippen LogP contribution < -0.4 is 14.4 Å². The lowest BCUT2D eigenvalue weighted by atomic mass is 10.1. The third-order valence-corrected chi connectivity index (χ3v) is 8.09. The van der Waals surface area contributed by atoms with E-state index < -0.39 is 40.2 Å². The molecule has 1 unspecified atom stereocenters. The van der Waals surface area contributed by atoms with E-state index in [4.69, 9.17) is 16.3 Å². The predicted octanol–water partition coefficient (Wildman–Crippen LogP) is 4.62. The number of nitrogens with zero attached hydrogens (tertiary/aromatic N) is 2. The maximum atomic E-state index is 13.8. The molecule has 1 N–H and O–H groups in total. The van der Waals surface area contributed by atoms with E-state index in [9.17, 15) is 22.4 Å². The maximum absolute atomic E-state index is 13.8. The van der Waals surface area contributed by atoms with Crippen LogP contribution in [0.2, 0.25) is 5.02 Å². The Kier molecular flexibility index (Phi) is 9.93. The first-order valence-electron chi connectivity index (χ1n) is 12.2. The first-order chi connectivity index (χ1) is 18.4. The largest absolute Gasteiger partial charge is 0.497 e. The van der Waals surface area contributed by atoms with Crippen molar-refractivity contribution in [3.05, 3.63) is 89.2 Å². The smallest absolute Gasteiger partial charge is 0.264 e. The minimum Gasteiger partial charge on any atom is -0.497 e. The van der Waals surface area contributed by atoms with Crippen LogP contribution in [0.3, 0.4) is 0 Å². The third-order valence-electron chi connectivity index (χ3n) is 5.94. The van der Waals surface area contributed by atoms with Crippen LogP contribution in [0.1, 0.15) is 26.3 Å². The molecule has 208 valence electrons. The lowest BCUT2D eigenvalue weighted by Crippen LogP contribution is -2.52. The van der Waals surface area contributed by atoms with E-state index in [1.54, 1.807) is 45.0 Å². The van der Waals surface area contributed by atoms with E-state index in [1.165, 1.54) is 48.4 Å². The Labute approximate surface area is 233 Å². The van der Waals surface area contributed by atoms with Gasteiger partial charge in [0.15, 0.2) is 0 Å². The van der Waals surface area contributed by atoms with Gasteiger partial charge in [-0.05, 0) is 80.9 Å². The van der Waals surface area contributed by atoms with Crippen molar-refractivity contribution in [1.29, 1.82) is 0 Å². The van der Waals surface area contributed by atoms with Crippen LogP contribution in [0.5, 0.6) is 5.75 Å². The highest BCUT2D eigenvalue weighted by atomic mass is 35.5. The summed E-state index contributed by atoms with van der Waals surface area (Å²) in [5, 5.41) is 3.18. The molecule has 0 saturated heterocycles. The van der Waals surface area contributed by atoms with Gasteiger partial charge in [-0.2, -0.15) is 0 Å². The van der Waals surface area contributed by atoms with Gasteiger partial charge in [-0.1, -0.05) is 29.8 Å². The molecule has 2 amide bonds. The Balaban J connectivity index is 2.04. The molecule has 1 atom stereocenters. The van der Waals surface area contributed by atoms with E-state index in [0.717, 1.165) is 16.4 Å². The number of anilines is 1. The molecule has 0 fully saturated rings. The summed E-state index contributed by atoms with van der Waals surface area (Å²) in [6, 6.07) is 16.2. The summed E-state index contributed by atoms with van der Waals surface area (Å²) in [7, 11) is -2.83. The van der Waals surface area contributed by atoms with Gasteiger partial charge in [-0.3, -0.25) is 13.9 Å². The van der Waals surface area contributed by atoms with Gasteiger partial charge in [0.1, 0.15) is 24.2 Å². The number of carbonyl (C=O) groups is 2. The summed E-state index contributed by atoms with van der Waals surface area (Å²) in [5.74, 6) is -1.17. The monoisotopic (exact) mass is 575 g/mol. The zero-order valence-electron chi connectivity index (χ0n) is 22.1. The first kappa shape index (κ1) is 29.9. The van der Waals surface area contributed by atoms with Gasteiger partial charge in [0.25, 0.3) is 10.0 Å². The summed E-state index contributed by atoms with van der Waals surface area (Å²) >= 11 is 6.34. The SMILES string of the molecule is COc1ccc(S(=O)(=O)N(CC(=O)N(Cc2ccccc2Cl)C(C)C(=O)NC(C)C)c2ccc(F)cc2)cc1. The number of methoxy groups -OCH3 is 1. The second-order valence-electron chi connectivity index (χ2n) is 9.12. The van der Waals surface area contributed by atoms with Crippen LogP contribution in [0, 0.1) is 5.82 Å². The van der Waals surface area contributed by atoms with Crippen molar-refractivity contribution < 1.29 is 27.1 Å². The molecule has 0 heterocycles. The Morgan fingerprint density at radius 2 is 1.59 bits per heavy atom. The topological polar surface area (TPSA) is 96.0 Å².